The zero-order valence-electron chi connectivity index (χ0n) is 16.2. The van der Waals surface area contributed by atoms with Gasteiger partial charge in [0.05, 0.1) is 5.75 Å². The maximum atomic E-state index is 12.7. The van der Waals surface area contributed by atoms with Crippen molar-refractivity contribution in [3.8, 4) is 0 Å². The lowest BCUT2D eigenvalue weighted by Crippen LogP contribution is -2.26. The van der Waals surface area contributed by atoms with Crippen molar-refractivity contribution < 1.29 is 9.59 Å². The molecule has 1 heterocycles. The number of hydrogen-bond acceptors (Lipinski definition) is 6. The molecule has 0 aliphatic rings. The number of carbonyl (C=O) groups is 2. The molecule has 8 nitrogen and oxygen atoms in total. The number of nitrogens with one attached hydrogen (secondary N) is 1. The normalized spacial score (nSPS) is 10.7. The molecule has 11 heteroatoms. The molecule has 0 fully saturated rings. The number of rotatable bonds is 7. The van der Waals surface area contributed by atoms with Gasteiger partial charge in [-0.3, -0.25) is 9.59 Å². The number of thioether (sulfide) groups is 1. The minimum Gasteiger partial charge on any atom is -0.337 e. The molecule has 1 aromatic heterocycles. The van der Waals surface area contributed by atoms with Gasteiger partial charge in [-0.15, -0.1) is 5.10 Å². The van der Waals surface area contributed by atoms with Crippen LogP contribution in [0.5, 0.6) is 0 Å². The summed E-state index contributed by atoms with van der Waals surface area (Å²) in [5, 5.41) is 15.4. The first-order valence-corrected chi connectivity index (χ1v) is 10.5. The fraction of sp³-hybridized carbons (Fsp3) is 0.211. The summed E-state index contributed by atoms with van der Waals surface area (Å²) in [7, 11) is 3.40. The third-order valence-corrected chi connectivity index (χ3v) is 5.70. The van der Waals surface area contributed by atoms with Crippen LogP contribution in [0.2, 0.25) is 10.0 Å². The van der Waals surface area contributed by atoms with E-state index in [-0.39, 0.29) is 17.6 Å². The van der Waals surface area contributed by atoms with Gasteiger partial charge in [0.15, 0.2) is 0 Å². The number of halogens is 2. The van der Waals surface area contributed by atoms with E-state index in [9.17, 15) is 9.59 Å². The standard InChI is InChI=1S/C19H18Cl2N6O2S/c1-26(10-13-3-6-14(20)9-16(13)21)18(29)12-4-7-15(8-5-12)22-17(28)11-30-19-23-24-25-27(19)2/h3-9H,10-11H2,1-2H3,(H,22,28). The molecule has 0 saturated heterocycles. The Morgan fingerprint density at radius 1 is 1.17 bits per heavy atom. The van der Waals surface area contributed by atoms with Gasteiger partial charge < -0.3 is 10.2 Å². The third-order valence-electron chi connectivity index (χ3n) is 4.10. The van der Waals surface area contributed by atoms with Crippen molar-refractivity contribution in [3.63, 3.8) is 0 Å². The van der Waals surface area contributed by atoms with Crippen LogP contribution in [0, 0.1) is 0 Å². The van der Waals surface area contributed by atoms with E-state index < -0.39 is 0 Å². The van der Waals surface area contributed by atoms with E-state index >= 15 is 0 Å². The molecule has 0 saturated carbocycles. The molecule has 30 heavy (non-hydrogen) atoms. The lowest BCUT2D eigenvalue weighted by atomic mass is 10.1. The van der Waals surface area contributed by atoms with Gasteiger partial charge in [0.25, 0.3) is 5.91 Å². The predicted molar refractivity (Wildman–Crippen MR) is 117 cm³/mol. The summed E-state index contributed by atoms with van der Waals surface area (Å²) >= 11 is 13.3. The number of anilines is 1. The first-order valence-electron chi connectivity index (χ1n) is 8.78. The number of aryl methyl sites for hydroxylation is 1. The lowest BCUT2D eigenvalue weighted by molar-refractivity contribution is -0.113. The molecule has 2 aromatic carbocycles. The maximum absolute atomic E-state index is 12.7. The smallest absolute Gasteiger partial charge is 0.253 e. The molecule has 2 amide bonds. The van der Waals surface area contributed by atoms with E-state index in [4.69, 9.17) is 23.2 Å². The molecule has 3 aromatic rings. The van der Waals surface area contributed by atoms with E-state index in [0.717, 1.165) is 5.56 Å². The zero-order chi connectivity index (χ0) is 21.7. The minimum absolute atomic E-state index is 0.163. The molecule has 0 atom stereocenters. The molecule has 1 N–H and O–H groups in total. The highest BCUT2D eigenvalue weighted by Crippen LogP contribution is 2.23. The maximum Gasteiger partial charge on any atom is 0.253 e. The van der Waals surface area contributed by atoms with E-state index in [2.05, 4.69) is 20.8 Å². The van der Waals surface area contributed by atoms with Gasteiger partial charge in [-0.2, -0.15) is 0 Å². The summed E-state index contributed by atoms with van der Waals surface area (Å²) in [5.74, 6) is -0.194. The number of benzene rings is 2. The minimum atomic E-state index is -0.198. The first kappa shape index (κ1) is 22.1. The van der Waals surface area contributed by atoms with Gasteiger partial charge >= 0.3 is 0 Å². The van der Waals surface area contributed by atoms with E-state index in [1.54, 1.807) is 61.5 Å². The van der Waals surface area contributed by atoms with Crippen molar-refractivity contribution in [1.82, 2.24) is 25.1 Å². The summed E-state index contributed by atoms with van der Waals surface area (Å²) in [6, 6.07) is 11.9. The average molecular weight is 465 g/mol. The molecule has 0 radical (unpaired) electrons. The number of hydrogen-bond donors (Lipinski definition) is 1. The summed E-state index contributed by atoms with van der Waals surface area (Å²) in [5.41, 5.74) is 1.90. The van der Waals surface area contributed by atoms with Crippen molar-refractivity contribution in [1.29, 1.82) is 0 Å². The van der Waals surface area contributed by atoms with Crippen LogP contribution in [-0.2, 0) is 18.4 Å². The van der Waals surface area contributed by atoms with Crippen LogP contribution in [0.4, 0.5) is 5.69 Å². The second-order valence-electron chi connectivity index (χ2n) is 6.40. The van der Waals surface area contributed by atoms with Crippen molar-refractivity contribution in [2.24, 2.45) is 7.05 Å². The molecule has 3 rings (SSSR count). The molecule has 0 bridgehead atoms. The van der Waals surface area contributed by atoms with Crippen LogP contribution in [0.1, 0.15) is 15.9 Å². The van der Waals surface area contributed by atoms with E-state index in [0.29, 0.717) is 33.0 Å². The fourth-order valence-corrected chi connectivity index (χ4v) is 3.68. The Hall–Kier alpha value is -2.62. The highest BCUT2D eigenvalue weighted by atomic mass is 35.5. The first-order chi connectivity index (χ1) is 14.3. The summed E-state index contributed by atoms with van der Waals surface area (Å²) in [6.07, 6.45) is 0. The Balaban J connectivity index is 1.55. The Morgan fingerprint density at radius 2 is 1.90 bits per heavy atom. The Labute approximate surface area is 187 Å². The summed E-state index contributed by atoms with van der Waals surface area (Å²) in [4.78, 5) is 26.3. The predicted octanol–water partition coefficient (Wildman–Crippen LogP) is 3.52. The number of tetrazole rings is 1. The molecule has 0 aliphatic heterocycles. The fourth-order valence-electron chi connectivity index (χ4n) is 2.56. The van der Waals surface area contributed by atoms with Crippen LogP contribution in [-0.4, -0.2) is 49.7 Å². The van der Waals surface area contributed by atoms with Crippen LogP contribution >= 0.6 is 35.0 Å². The van der Waals surface area contributed by atoms with Crippen LogP contribution < -0.4 is 5.32 Å². The second kappa shape index (κ2) is 9.92. The Kier molecular flexibility index (Phi) is 7.30. The van der Waals surface area contributed by atoms with Crippen molar-refractivity contribution in [3.05, 3.63) is 63.6 Å². The van der Waals surface area contributed by atoms with Gasteiger partial charge in [0.2, 0.25) is 11.1 Å². The number of aromatic nitrogens is 4. The molecular formula is C19H18Cl2N6O2S. The Bertz CT molecular complexity index is 1060. The van der Waals surface area contributed by atoms with Gasteiger partial charge in [-0.05, 0) is 52.4 Å². The summed E-state index contributed by atoms with van der Waals surface area (Å²) in [6.45, 7) is 0.349. The van der Waals surface area contributed by atoms with Crippen molar-refractivity contribution >= 4 is 52.5 Å². The zero-order valence-corrected chi connectivity index (χ0v) is 18.5. The van der Waals surface area contributed by atoms with Crippen LogP contribution in [0.3, 0.4) is 0 Å². The van der Waals surface area contributed by atoms with Gasteiger partial charge in [0.1, 0.15) is 0 Å². The van der Waals surface area contributed by atoms with E-state index in [1.165, 1.54) is 16.4 Å². The number of amides is 2. The molecule has 0 spiro atoms. The molecule has 0 unspecified atom stereocenters. The van der Waals surface area contributed by atoms with Crippen molar-refractivity contribution in [2.75, 3.05) is 18.1 Å². The molecule has 0 aliphatic carbocycles. The number of carbonyl (C=O) groups excluding carboxylic acids is 2. The van der Waals surface area contributed by atoms with Crippen LogP contribution in [0.15, 0.2) is 47.6 Å². The monoisotopic (exact) mass is 464 g/mol. The van der Waals surface area contributed by atoms with Gasteiger partial charge in [-0.1, -0.05) is 41.0 Å². The van der Waals surface area contributed by atoms with Crippen molar-refractivity contribution in [2.45, 2.75) is 11.7 Å². The Morgan fingerprint density at radius 3 is 2.53 bits per heavy atom. The third kappa shape index (κ3) is 5.71. The lowest BCUT2D eigenvalue weighted by Gasteiger charge is -2.18. The molecular weight excluding hydrogens is 447 g/mol. The quantitative estimate of drug-likeness (QED) is 0.537. The number of nitrogens with zero attached hydrogens (tertiary/aromatic N) is 5. The highest BCUT2D eigenvalue weighted by molar-refractivity contribution is 7.99. The van der Waals surface area contributed by atoms with Gasteiger partial charge in [-0.25, -0.2) is 4.68 Å². The van der Waals surface area contributed by atoms with Gasteiger partial charge in [0, 0.05) is 41.9 Å². The largest absolute Gasteiger partial charge is 0.337 e. The summed E-state index contributed by atoms with van der Waals surface area (Å²) < 4.78 is 1.49. The SMILES string of the molecule is CN(Cc1ccc(Cl)cc1Cl)C(=O)c1ccc(NC(=O)CSc2nnnn2C)cc1. The molecule has 156 valence electrons. The highest BCUT2D eigenvalue weighted by Gasteiger charge is 2.14. The van der Waals surface area contributed by atoms with Crippen LogP contribution in [0.25, 0.3) is 0 Å². The second-order valence-corrected chi connectivity index (χ2v) is 8.18. The van der Waals surface area contributed by atoms with E-state index in [1.807, 2.05) is 0 Å². The topological polar surface area (TPSA) is 93.0 Å². The average Bonchev–Trinajstić information content (AvgIpc) is 3.13.